The Morgan fingerprint density at radius 2 is 1.79 bits per heavy atom. The lowest BCUT2D eigenvalue weighted by atomic mass is 10.1. The van der Waals surface area contributed by atoms with Crippen LogP contribution in [0.4, 0.5) is 5.69 Å². The molecule has 0 bridgehead atoms. The molecule has 10 nitrogen and oxygen atoms in total. The monoisotopic (exact) mass is 451 g/mol. The van der Waals surface area contributed by atoms with E-state index < -0.39 is 4.92 Å². The molecule has 0 aliphatic carbocycles. The number of nitrogens with zero attached hydrogens (tertiary/aromatic N) is 7. The van der Waals surface area contributed by atoms with Crippen LogP contribution >= 0.6 is 0 Å². The molecule has 1 aromatic carbocycles. The topological polar surface area (TPSA) is 102 Å². The van der Waals surface area contributed by atoms with E-state index in [2.05, 4.69) is 21.3 Å². The van der Waals surface area contributed by atoms with Crippen molar-refractivity contribution in [1.82, 2.24) is 29.4 Å². The van der Waals surface area contributed by atoms with Crippen LogP contribution in [0.3, 0.4) is 0 Å². The van der Waals surface area contributed by atoms with Crippen molar-refractivity contribution in [2.24, 2.45) is 7.05 Å². The van der Waals surface area contributed by atoms with Crippen molar-refractivity contribution >= 4 is 11.6 Å². The predicted octanol–water partition coefficient (Wildman–Crippen LogP) is 2.46. The van der Waals surface area contributed by atoms with Crippen LogP contribution in [-0.2, 0) is 20.1 Å². The average Bonchev–Trinajstić information content (AvgIpc) is 3.24. The number of piperazine rings is 1. The molecule has 1 fully saturated rings. The SMILES string of the molecule is Cc1nn(C)cc1CN1CCN(C(=O)c2cccc(Cn3nc(C)c([N+](=O)[O-])c3C)c2)CC1. The van der Waals surface area contributed by atoms with Crippen molar-refractivity contribution in [2.75, 3.05) is 26.2 Å². The molecule has 1 aliphatic rings. The first-order valence-corrected chi connectivity index (χ1v) is 11.0. The van der Waals surface area contributed by atoms with Gasteiger partial charge in [-0.1, -0.05) is 12.1 Å². The van der Waals surface area contributed by atoms with Gasteiger partial charge in [-0.3, -0.25) is 29.2 Å². The summed E-state index contributed by atoms with van der Waals surface area (Å²) in [4.78, 5) is 28.2. The van der Waals surface area contributed by atoms with E-state index in [1.54, 1.807) is 18.5 Å². The quantitative estimate of drug-likeness (QED) is 0.421. The van der Waals surface area contributed by atoms with E-state index in [1.807, 2.05) is 47.8 Å². The van der Waals surface area contributed by atoms with E-state index in [9.17, 15) is 14.9 Å². The van der Waals surface area contributed by atoms with Crippen LogP contribution < -0.4 is 0 Å². The molecule has 10 heteroatoms. The maximum absolute atomic E-state index is 13.1. The number of benzene rings is 1. The van der Waals surface area contributed by atoms with Gasteiger partial charge in [0, 0.05) is 57.1 Å². The molecule has 0 unspecified atom stereocenters. The van der Waals surface area contributed by atoms with Gasteiger partial charge >= 0.3 is 5.69 Å². The van der Waals surface area contributed by atoms with Crippen LogP contribution in [0.5, 0.6) is 0 Å². The third kappa shape index (κ3) is 4.80. The van der Waals surface area contributed by atoms with Crippen molar-refractivity contribution in [1.29, 1.82) is 0 Å². The highest BCUT2D eigenvalue weighted by Crippen LogP contribution is 2.23. The Hall–Kier alpha value is -3.53. The zero-order valence-electron chi connectivity index (χ0n) is 19.5. The number of hydrogen-bond acceptors (Lipinski definition) is 6. The number of aryl methyl sites for hydroxylation is 3. The Labute approximate surface area is 192 Å². The first kappa shape index (κ1) is 22.7. The van der Waals surface area contributed by atoms with Crippen molar-refractivity contribution in [3.63, 3.8) is 0 Å². The Kier molecular flexibility index (Phi) is 6.28. The van der Waals surface area contributed by atoms with Gasteiger partial charge in [0.2, 0.25) is 0 Å². The van der Waals surface area contributed by atoms with Crippen LogP contribution in [0, 0.1) is 30.9 Å². The van der Waals surface area contributed by atoms with E-state index in [0.29, 0.717) is 36.6 Å². The fraction of sp³-hybridized carbons (Fsp3) is 0.435. The highest BCUT2D eigenvalue weighted by molar-refractivity contribution is 5.94. The second-order valence-corrected chi connectivity index (χ2v) is 8.62. The lowest BCUT2D eigenvalue weighted by Gasteiger charge is -2.34. The van der Waals surface area contributed by atoms with Crippen molar-refractivity contribution in [3.05, 3.63) is 74.3 Å². The van der Waals surface area contributed by atoms with E-state index in [0.717, 1.165) is 30.9 Å². The van der Waals surface area contributed by atoms with E-state index >= 15 is 0 Å². The molecule has 0 spiro atoms. The molecule has 4 rings (SSSR count). The standard InChI is InChI=1S/C23H29N7O3/c1-16-21(14-26(4)24-16)15-27-8-10-28(11-9-27)23(31)20-7-5-6-19(12-20)13-29-18(3)22(30(32)33)17(2)25-29/h5-7,12,14H,8-11,13,15H2,1-4H3. The molecule has 0 radical (unpaired) electrons. The summed E-state index contributed by atoms with van der Waals surface area (Å²) in [5.74, 6) is 0.00778. The third-order valence-corrected chi connectivity index (χ3v) is 6.20. The molecule has 1 aliphatic heterocycles. The minimum Gasteiger partial charge on any atom is -0.336 e. The first-order chi connectivity index (χ1) is 15.7. The van der Waals surface area contributed by atoms with Crippen LogP contribution in [0.15, 0.2) is 30.5 Å². The smallest absolute Gasteiger partial charge is 0.312 e. The molecule has 3 aromatic rings. The molecule has 174 valence electrons. The third-order valence-electron chi connectivity index (χ3n) is 6.20. The van der Waals surface area contributed by atoms with Crippen molar-refractivity contribution < 1.29 is 9.72 Å². The van der Waals surface area contributed by atoms with Gasteiger partial charge in [0.15, 0.2) is 0 Å². The van der Waals surface area contributed by atoms with Gasteiger partial charge in [-0.15, -0.1) is 0 Å². The summed E-state index contributed by atoms with van der Waals surface area (Å²) in [6.07, 6.45) is 2.05. The molecule has 2 aromatic heterocycles. The second kappa shape index (κ2) is 9.14. The number of nitro groups is 1. The van der Waals surface area contributed by atoms with Crippen LogP contribution in [-0.4, -0.2) is 66.4 Å². The van der Waals surface area contributed by atoms with Gasteiger partial charge < -0.3 is 4.90 Å². The van der Waals surface area contributed by atoms with E-state index in [4.69, 9.17) is 0 Å². The Bertz CT molecular complexity index is 1190. The molecular weight excluding hydrogens is 422 g/mol. The number of carbonyl (C=O) groups is 1. The number of aromatic nitrogens is 4. The molecule has 0 N–H and O–H groups in total. The summed E-state index contributed by atoms with van der Waals surface area (Å²) in [5, 5.41) is 20.0. The minimum atomic E-state index is -0.399. The maximum atomic E-state index is 13.1. The first-order valence-electron chi connectivity index (χ1n) is 11.0. The van der Waals surface area contributed by atoms with Crippen LogP contribution in [0.1, 0.15) is 38.6 Å². The summed E-state index contributed by atoms with van der Waals surface area (Å²) >= 11 is 0. The van der Waals surface area contributed by atoms with Gasteiger partial charge in [0.1, 0.15) is 11.4 Å². The molecule has 0 atom stereocenters. The fourth-order valence-electron chi connectivity index (χ4n) is 4.42. The largest absolute Gasteiger partial charge is 0.336 e. The minimum absolute atomic E-state index is 0.00778. The summed E-state index contributed by atoms with van der Waals surface area (Å²) < 4.78 is 3.46. The maximum Gasteiger partial charge on any atom is 0.312 e. The van der Waals surface area contributed by atoms with E-state index in [1.165, 1.54) is 5.56 Å². The van der Waals surface area contributed by atoms with Crippen LogP contribution in [0.25, 0.3) is 0 Å². The number of rotatable bonds is 6. The Morgan fingerprint density at radius 1 is 1.06 bits per heavy atom. The van der Waals surface area contributed by atoms with Gasteiger partial charge in [0.05, 0.1) is 17.2 Å². The normalized spacial score (nSPS) is 14.6. The molecular formula is C23H29N7O3. The predicted molar refractivity (Wildman–Crippen MR) is 123 cm³/mol. The zero-order chi connectivity index (χ0) is 23.7. The van der Waals surface area contributed by atoms with Gasteiger partial charge in [0.25, 0.3) is 5.91 Å². The molecule has 3 heterocycles. The average molecular weight is 452 g/mol. The van der Waals surface area contributed by atoms with Crippen molar-refractivity contribution in [3.8, 4) is 0 Å². The highest BCUT2D eigenvalue weighted by atomic mass is 16.6. The second-order valence-electron chi connectivity index (χ2n) is 8.62. The zero-order valence-corrected chi connectivity index (χ0v) is 19.5. The van der Waals surface area contributed by atoms with Gasteiger partial charge in [-0.25, -0.2) is 0 Å². The number of hydrogen-bond donors (Lipinski definition) is 0. The highest BCUT2D eigenvalue weighted by Gasteiger charge is 2.24. The molecule has 0 saturated carbocycles. The summed E-state index contributed by atoms with van der Waals surface area (Å²) in [7, 11) is 1.93. The molecule has 33 heavy (non-hydrogen) atoms. The summed E-state index contributed by atoms with van der Waals surface area (Å²) in [6, 6.07) is 7.44. The molecule has 1 saturated heterocycles. The summed E-state index contributed by atoms with van der Waals surface area (Å²) in [5.41, 5.74) is 4.71. The number of carbonyl (C=O) groups excluding carboxylic acids is 1. The lowest BCUT2D eigenvalue weighted by molar-refractivity contribution is -0.386. The Balaban J connectivity index is 1.40. The van der Waals surface area contributed by atoms with Gasteiger partial charge in [-0.2, -0.15) is 10.2 Å². The molecule has 1 amide bonds. The lowest BCUT2D eigenvalue weighted by Crippen LogP contribution is -2.48. The fourth-order valence-corrected chi connectivity index (χ4v) is 4.42. The number of amides is 1. The van der Waals surface area contributed by atoms with Crippen LogP contribution in [0.2, 0.25) is 0 Å². The Morgan fingerprint density at radius 3 is 2.39 bits per heavy atom. The summed E-state index contributed by atoms with van der Waals surface area (Å²) in [6.45, 7) is 9.54. The van der Waals surface area contributed by atoms with E-state index in [-0.39, 0.29) is 11.6 Å². The van der Waals surface area contributed by atoms with Gasteiger partial charge in [-0.05, 0) is 38.5 Å². The van der Waals surface area contributed by atoms with Crippen molar-refractivity contribution in [2.45, 2.75) is 33.9 Å².